The number of imide groups is 1. The van der Waals surface area contributed by atoms with Crippen molar-refractivity contribution in [2.45, 2.75) is 97.8 Å². The summed E-state index contributed by atoms with van der Waals surface area (Å²) in [4.78, 5) is 272. The quantitative estimate of drug-likeness (QED) is 0.0291. The van der Waals surface area contributed by atoms with E-state index in [1.807, 2.05) is 18.7 Å². The number of hydrogen-bond acceptors (Lipinski definition) is 24. The topological polar surface area (TPSA) is 498 Å². The standard InChI is InChI=1S/C86H112N20O21/c1-14-31-104(32-15-2)85(124)59-35-57-20-21-58(37-65(57)92-68(87)38-59)83(122)91-62-36-60-43-105(33-30-64(60)89-41-62)86(125)127-53-55-18-24-61(25-19-55)90-84(123)66(40-69(88)108)93-70(109)27-23-56-22-26-63(106-72(111)28-29-73(106)112)39-67(56)126-34-16-17-71(110)95(5)44-75(114)97(7)46-77(116)99(9)48-79(118)101(11)50-81(120)103(13)52-82(121)102(12)51-80(119)100(10)49-78(117)98(8)47-76(115)96(6)45-74(113)94(4)42-54(3)107/h18-22,24-26,28-29,35-37,39,41,66H,14-17,23,27,30-34,38,40,42-53H2,1-13H3,(H2,87,92)(H2,88,108)(H,90,123)(H,91,122)(H,93,109)/t66-/m0/s1. The van der Waals surface area contributed by atoms with Gasteiger partial charge in [0.1, 0.15) is 30.0 Å². The van der Waals surface area contributed by atoms with Gasteiger partial charge in [-0.05, 0) is 91.8 Å². The Labute approximate surface area is 735 Å². The van der Waals surface area contributed by atoms with Crippen molar-refractivity contribution >= 4 is 147 Å². The normalized spacial score (nSPS) is 12.7. The summed E-state index contributed by atoms with van der Waals surface area (Å²) >= 11 is 0. The van der Waals surface area contributed by atoms with Crippen molar-refractivity contribution in [1.29, 1.82) is 0 Å². The number of nitrogens with zero attached hydrogens (tertiary/aromatic N) is 15. The summed E-state index contributed by atoms with van der Waals surface area (Å²) in [7, 11) is 13.3. The highest BCUT2D eigenvalue weighted by molar-refractivity contribution is 6.28. The third-order valence-corrected chi connectivity index (χ3v) is 20.6. The first kappa shape index (κ1) is 99.8. The van der Waals surface area contributed by atoms with Gasteiger partial charge >= 0.3 is 6.09 Å². The summed E-state index contributed by atoms with van der Waals surface area (Å²) in [5.41, 5.74) is 16.9. The van der Waals surface area contributed by atoms with Crippen molar-refractivity contribution in [3.63, 3.8) is 0 Å². The first-order valence-corrected chi connectivity index (χ1v) is 40.9. The van der Waals surface area contributed by atoms with Gasteiger partial charge in [-0.3, -0.25) is 91.3 Å². The first-order chi connectivity index (χ1) is 60.0. The molecule has 0 fully saturated rings. The number of carbonyl (C=O) groups is 19. The van der Waals surface area contributed by atoms with Gasteiger partial charge in [0.05, 0.1) is 108 Å². The molecule has 0 saturated carbocycles. The Morgan fingerprint density at radius 2 is 1.05 bits per heavy atom. The molecule has 0 unspecified atom stereocenters. The van der Waals surface area contributed by atoms with Crippen LogP contribution < -0.4 is 37.1 Å². The minimum absolute atomic E-state index is 0.0453. The number of nitrogens with two attached hydrogens (primary N) is 2. The highest BCUT2D eigenvalue weighted by atomic mass is 16.6. The molecule has 1 aromatic heterocycles. The number of rotatable bonds is 43. The maximum Gasteiger partial charge on any atom is 0.410 e. The molecule has 41 heteroatoms. The van der Waals surface area contributed by atoms with Crippen molar-refractivity contribution < 1.29 is 101 Å². The zero-order valence-electron chi connectivity index (χ0n) is 73.9. The highest BCUT2D eigenvalue weighted by Gasteiger charge is 2.32. The van der Waals surface area contributed by atoms with E-state index in [9.17, 15) is 91.1 Å². The molecular formula is C86H112N20O21. The van der Waals surface area contributed by atoms with Crippen LogP contribution >= 0.6 is 0 Å². The van der Waals surface area contributed by atoms with Gasteiger partial charge in [0.25, 0.3) is 17.7 Å². The number of amides is 18. The molecule has 0 aliphatic carbocycles. The van der Waals surface area contributed by atoms with E-state index in [0.717, 1.165) is 79.7 Å². The van der Waals surface area contributed by atoms with E-state index in [2.05, 4.69) is 25.9 Å². The SMILES string of the molecule is CCCN(CCC)C(=O)C1=Cc2ccc(C(=O)Nc3cnc4c(c3)CN(C(=O)OCc3ccc(NC(=O)[C@H](CC(N)=O)NC(=O)CCc5ccc(N6C(=O)C=CC6=O)cc5OCCCC(=O)N(C)CC(=O)N(C)CC(=O)N(C)CC(=O)N(C)CC(=O)N(C)CC(=O)N(C)CC(=O)N(C)CC(=O)N(C)CC(=O)N(C)CC(=O)N(C)CC(C)=O)cc3)CC4)cc2N=C(N)C1. The average Bonchev–Trinajstić information content (AvgIpc) is 1.44. The first-order valence-electron chi connectivity index (χ1n) is 40.9. The number of amidine groups is 1. The van der Waals surface area contributed by atoms with Crippen LogP contribution in [0.25, 0.3) is 6.08 Å². The van der Waals surface area contributed by atoms with Crippen LogP contribution in [0.15, 0.2) is 95.6 Å². The lowest BCUT2D eigenvalue weighted by Crippen LogP contribution is -2.49. The summed E-state index contributed by atoms with van der Waals surface area (Å²) in [6.07, 6.45) is 6.05. The van der Waals surface area contributed by atoms with Crippen LogP contribution in [0.2, 0.25) is 0 Å². The Morgan fingerprint density at radius 1 is 0.559 bits per heavy atom. The van der Waals surface area contributed by atoms with Gasteiger partial charge in [0.15, 0.2) is 0 Å². The van der Waals surface area contributed by atoms with E-state index in [4.69, 9.17) is 20.9 Å². The number of aromatic nitrogens is 1. The predicted octanol–water partition coefficient (Wildman–Crippen LogP) is 0.146. The zero-order valence-corrected chi connectivity index (χ0v) is 73.9. The second kappa shape index (κ2) is 47.0. The van der Waals surface area contributed by atoms with Crippen LogP contribution in [0.1, 0.15) is 104 Å². The third-order valence-electron chi connectivity index (χ3n) is 20.6. The number of fused-ring (bicyclic) bond motifs is 2. The number of Topliss-reactive ketones (excluding diaryl/α,β-unsaturated/α-hetero) is 1. The van der Waals surface area contributed by atoms with Gasteiger partial charge in [0, 0.05) is 162 Å². The molecule has 0 saturated heterocycles. The Balaban J connectivity index is 0.816. The van der Waals surface area contributed by atoms with Gasteiger partial charge in [-0.1, -0.05) is 38.1 Å². The third kappa shape index (κ3) is 30.0. The number of nitrogens with one attached hydrogen (secondary N) is 3. The molecule has 18 amide bonds. The summed E-state index contributed by atoms with van der Waals surface area (Å²) in [5.74, 6) is -10.3. The highest BCUT2D eigenvalue weighted by Crippen LogP contribution is 2.32. The number of hydrogen-bond donors (Lipinski definition) is 5. The van der Waals surface area contributed by atoms with Crippen LogP contribution in [-0.2, 0) is 112 Å². The lowest BCUT2D eigenvalue weighted by molar-refractivity contribution is -0.146. The molecule has 7 rings (SSSR count). The summed E-state index contributed by atoms with van der Waals surface area (Å²) < 4.78 is 11.8. The lowest BCUT2D eigenvalue weighted by Gasteiger charge is -2.28. The van der Waals surface area contributed by atoms with Crippen LogP contribution in [0.3, 0.4) is 0 Å². The van der Waals surface area contributed by atoms with Crippen molar-refractivity contribution in [3.05, 3.63) is 124 Å². The number of carbonyl (C=O) groups excluding carboxylic acids is 19. The Morgan fingerprint density at radius 3 is 1.53 bits per heavy atom. The molecule has 3 aliphatic heterocycles. The molecule has 0 radical (unpaired) electrons. The maximum absolute atomic E-state index is 13.7. The molecular weight excluding hydrogens is 1650 g/mol. The number of likely N-dealkylation sites (N-methyl/N-ethyl adjacent to an activating group) is 10. The van der Waals surface area contributed by atoms with Crippen molar-refractivity contribution in [3.8, 4) is 5.75 Å². The maximum atomic E-state index is 13.7. The lowest BCUT2D eigenvalue weighted by atomic mass is 10.0. The smallest absolute Gasteiger partial charge is 0.410 e. The number of aryl methyl sites for hydroxylation is 1. The molecule has 7 N–H and O–H groups in total. The molecule has 682 valence electrons. The fourth-order valence-electron chi connectivity index (χ4n) is 13.1. The largest absolute Gasteiger partial charge is 0.493 e. The second-order valence-corrected chi connectivity index (χ2v) is 31.3. The average molecular weight is 1760 g/mol. The number of benzene rings is 3. The molecule has 4 aromatic rings. The fourth-order valence-corrected chi connectivity index (χ4v) is 13.1. The molecule has 0 spiro atoms. The van der Waals surface area contributed by atoms with E-state index in [1.165, 1.54) is 124 Å². The number of primary amides is 1. The van der Waals surface area contributed by atoms with Crippen molar-refractivity contribution in [2.24, 2.45) is 16.5 Å². The summed E-state index contributed by atoms with van der Waals surface area (Å²) in [6, 6.07) is 15.9. The van der Waals surface area contributed by atoms with Crippen molar-refractivity contribution in [2.75, 3.05) is 178 Å². The van der Waals surface area contributed by atoms with Crippen molar-refractivity contribution in [1.82, 2.24) is 69.1 Å². The number of pyridine rings is 1. The van der Waals surface area contributed by atoms with Crippen LogP contribution in [0.5, 0.6) is 5.75 Å². The summed E-state index contributed by atoms with van der Waals surface area (Å²) in [6.45, 7) is 2.33. The monoisotopic (exact) mass is 1760 g/mol. The number of ether oxygens (including phenoxy) is 2. The second-order valence-electron chi connectivity index (χ2n) is 31.3. The number of anilines is 3. The van der Waals surface area contributed by atoms with Gasteiger partial charge in [-0.2, -0.15) is 0 Å². The molecule has 127 heavy (non-hydrogen) atoms. The van der Waals surface area contributed by atoms with Gasteiger partial charge in [0.2, 0.25) is 82.7 Å². The molecule has 3 aliphatic rings. The van der Waals surface area contributed by atoms with E-state index in [1.54, 1.807) is 42.5 Å². The van der Waals surface area contributed by atoms with E-state index >= 15 is 0 Å². The predicted molar refractivity (Wildman–Crippen MR) is 463 cm³/mol. The number of ketones is 1. The van der Waals surface area contributed by atoms with Crippen LogP contribution in [0, 0.1) is 0 Å². The molecule has 1 atom stereocenters. The van der Waals surface area contributed by atoms with E-state index < -0.39 is 165 Å². The molecule has 3 aromatic carbocycles. The minimum atomic E-state index is -1.44. The zero-order chi connectivity index (χ0) is 93.8. The van der Waals surface area contributed by atoms with E-state index in [0.29, 0.717) is 70.8 Å². The van der Waals surface area contributed by atoms with E-state index in [-0.39, 0.29) is 99.6 Å². The molecule has 4 heterocycles. The summed E-state index contributed by atoms with van der Waals surface area (Å²) in [5, 5.41) is 8.10. The van der Waals surface area contributed by atoms with Gasteiger partial charge < -0.3 is 95.7 Å². The molecule has 0 bridgehead atoms. The van der Waals surface area contributed by atoms with Gasteiger partial charge in [-0.15, -0.1) is 0 Å². The van der Waals surface area contributed by atoms with Gasteiger partial charge in [-0.25, -0.2) is 14.7 Å². The Hall–Kier alpha value is -14.3. The Kier molecular flexibility index (Phi) is 36.9. The van der Waals surface area contributed by atoms with Crippen LogP contribution in [-0.4, -0.2) is 350 Å². The fraction of sp³-hybridized carbons (Fsp3) is 0.453. The Bertz CT molecular complexity index is 4950. The minimum Gasteiger partial charge on any atom is -0.493 e. The molecule has 41 nitrogen and oxygen atoms in total. The number of aliphatic imine (C=N–C) groups is 1. The van der Waals surface area contributed by atoms with Crippen LogP contribution in [0.4, 0.5) is 27.5 Å².